The Morgan fingerprint density at radius 1 is 1.36 bits per heavy atom. The van der Waals surface area contributed by atoms with Gasteiger partial charge in [-0.25, -0.2) is 0 Å². The maximum Gasteiger partial charge on any atom is 0.171 e. The molecule has 11 heavy (non-hydrogen) atoms. The highest BCUT2D eigenvalue weighted by Gasteiger charge is 2.06. The van der Waals surface area contributed by atoms with Crippen molar-refractivity contribution in [3.8, 4) is 0 Å². The maximum atomic E-state index is 8.61. The van der Waals surface area contributed by atoms with Crippen LogP contribution < -0.4 is 0 Å². The van der Waals surface area contributed by atoms with Crippen molar-refractivity contribution < 1.29 is 10.2 Å². The smallest absolute Gasteiger partial charge is 0.171 e. The van der Waals surface area contributed by atoms with Gasteiger partial charge in [-0.1, -0.05) is 29.9 Å². The van der Waals surface area contributed by atoms with Crippen molar-refractivity contribution in [2.24, 2.45) is 5.92 Å². The Morgan fingerprint density at radius 3 is 2.36 bits per heavy atom. The topological polar surface area (TPSA) is 40.5 Å². The third kappa shape index (κ3) is 2.33. The summed E-state index contributed by atoms with van der Waals surface area (Å²) >= 11 is 0. The van der Waals surface area contributed by atoms with E-state index >= 15 is 0 Å². The summed E-state index contributed by atoms with van der Waals surface area (Å²) < 4.78 is 0. The van der Waals surface area contributed by atoms with E-state index < -0.39 is 6.29 Å². The van der Waals surface area contributed by atoms with Crippen LogP contribution in [0.5, 0.6) is 0 Å². The first-order valence-electron chi connectivity index (χ1n) is 3.59. The third-order valence-electron chi connectivity index (χ3n) is 1.69. The molecule has 0 aromatic carbocycles. The van der Waals surface area contributed by atoms with Crippen molar-refractivity contribution in [2.45, 2.75) is 13.2 Å². The van der Waals surface area contributed by atoms with Crippen LogP contribution in [-0.2, 0) is 0 Å². The second kappa shape index (κ2) is 3.51. The summed E-state index contributed by atoms with van der Waals surface area (Å²) in [4.78, 5) is 0. The van der Waals surface area contributed by atoms with E-state index in [2.05, 4.69) is 0 Å². The van der Waals surface area contributed by atoms with Gasteiger partial charge in [-0.2, -0.15) is 0 Å². The average Bonchev–Trinajstić information content (AvgIpc) is 2.35. The van der Waals surface area contributed by atoms with E-state index in [1.807, 2.05) is 31.2 Å². The molecule has 2 N–H and O–H groups in total. The predicted octanol–water partition coefficient (Wildman–Crippen LogP) is 0.986. The largest absolute Gasteiger partial charge is 0.365 e. The van der Waals surface area contributed by atoms with Gasteiger partial charge in [0.05, 0.1) is 0 Å². The van der Waals surface area contributed by atoms with E-state index in [4.69, 9.17) is 10.2 Å². The van der Waals surface area contributed by atoms with Gasteiger partial charge >= 0.3 is 0 Å². The van der Waals surface area contributed by atoms with E-state index in [9.17, 15) is 0 Å². The molecule has 0 aliphatic heterocycles. The quantitative estimate of drug-likeness (QED) is 0.457. The SMILES string of the molecule is CC(=CC(O)O)C1C=CC=C1. The molecule has 0 aromatic heterocycles. The Hall–Kier alpha value is -0.860. The summed E-state index contributed by atoms with van der Waals surface area (Å²) in [6.45, 7) is 1.88. The zero-order chi connectivity index (χ0) is 8.27. The summed E-state index contributed by atoms with van der Waals surface area (Å²) in [5, 5.41) is 17.2. The van der Waals surface area contributed by atoms with Gasteiger partial charge in [-0.3, -0.25) is 0 Å². The van der Waals surface area contributed by atoms with Crippen LogP contribution in [0.25, 0.3) is 0 Å². The van der Waals surface area contributed by atoms with E-state index in [0.29, 0.717) is 0 Å². The average molecular weight is 152 g/mol. The zero-order valence-corrected chi connectivity index (χ0v) is 6.44. The highest BCUT2D eigenvalue weighted by molar-refractivity contribution is 5.27. The first-order valence-corrected chi connectivity index (χ1v) is 3.59. The summed E-state index contributed by atoms with van der Waals surface area (Å²) in [6.07, 6.45) is 8.02. The summed E-state index contributed by atoms with van der Waals surface area (Å²) in [5.41, 5.74) is 0.963. The first-order chi connectivity index (χ1) is 5.20. The van der Waals surface area contributed by atoms with Crippen LogP contribution in [0.15, 0.2) is 36.0 Å². The molecule has 0 aromatic rings. The Labute approximate surface area is 66.2 Å². The molecular formula is C9H12O2. The van der Waals surface area contributed by atoms with Crippen molar-refractivity contribution >= 4 is 0 Å². The molecule has 0 spiro atoms. The molecule has 2 nitrogen and oxygen atoms in total. The Morgan fingerprint density at radius 2 is 1.91 bits per heavy atom. The van der Waals surface area contributed by atoms with Gasteiger partial charge in [0.1, 0.15) is 0 Å². The van der Waals surface area contributed by atoms with Gasteiger partial charge in [0.15, 0.2) is 6.29 Å². The molecule has 0 unspecified atom stereocenters. The Bertz CT molecular complexity index is 200. The number of rotatable bonds is 2. The molecule has 0 amide bonds. The fraction of sp³-hybridized carbons (Fsp3) is 0.333. The van der Waals surface area contributed by atoms with Gasteiger partial charge in [0.2, 0.25) is 0 Å². The van der Waals surface area contributed by atoms with Gasteiger partial charge in [0, 0.05) is 5.92 Å². The number of allylic oxidation sites excluding steroid dienone is 5. The monoisotopic (exact) mass is 152 g/mol. The minimum absolute atomic E-state index is 0.247. The van der Waals surface area contributed by atoms with E-state index in [-0.39, 0.29) is 5.92 Å². The molecule has 0 radical (unpaired) electrons. The lowest BCUT2D eigenvalue weighted by Crippen LogP contribution is -2.02. The fourth-order valence-electron chi connectivity index (χ4n) is 1.08. The Balaban J connectivity index is 2.60. The minimum Gasteiger partial charge on any atom is -0.365 e. The van der Waals surface area contributed by atoms with Crippen LogP contribution in [0, 0.1) is 5.92 Å². The van der Waals surface area contributed by atoms with Gasteiger partial charge in [0.25, 0.3) is 0 Å². The second-order valence-corrected chi connectivity index (χ2v) is 2.62. The molecule has 1 aliphatic rings. The molecule has 1 rings (SSSR count). The molecule has 1 aliphatic carbocycles. The van der Waals surface area contributed by atoms with Crippen molar-refractivity contribution in [2.75, 3.05) is 0 Å². The van der Waals surface area contributed by atoms with Crippen molar-refractivity contribution in [1.29, 1.82) is 0 Å². The maximum absolute atomic E-state index is 8.61. The van der Waals surface area contributed by atoms with E-state index in [1.165, 1.54) is 6.08 Å². The molecule has 0 bridgehead atoms. The van der Waals surface area contributed by atoms with Crippen LogP contribution >= 0.6 is 0 Å². The minimum atomic E-state index is -1.34. The standard InChI is InChI=1S/C9H12O2/c1-7(6-9(10)11)8-4-2-3-5-8/h2-6,8-11H,1H3. The van der Waals surface area contributed by atoms with Gasteiger partial charge in [-0.15, -0.1) is 0 Å². The van der Waals surface area contributed by atoms with Crippen LogP contribution in [-0.4, -0.2) is 16.5 Å². The fourth-order valence-corrected chi connectivity index (χ4v) is 1.08. The first kappa shape index (κ1) is 8.24. The summed E-state index contributed by atoms with van der Waals surface area (Å²) in [6, 6.07) is 0. The van der Waals surface area contributed by atoms with Crippen molar-refractivity contribution in [3.63, 3.8) is 0 Å². The summed E-state index contributed by atoms with van der Waals surface area (Å²) in [7, 11) is 0. The molecule has 2 heteroatoms. The summed E-state index contributed by atoms with van der Waals surface area (Å²) in [5.74, 6) is 0.247. The molecule has 60 valence electrons. The number of hydrogen-bond acceptors (Lipinski definition) is 2. The lowest BCUT2D eigenvalue weighted by Gasteiger charge is -2.05. The number of aliphatic hydroxyl groups is 2. The van der Waals surface area contributed by atoms with Crippen LogP contribution in [0.2, 0.25) is 0 Å². The molecule has 0 saturated carbocycles. The Kier molecular flexibility index (Phi) is 2.63. The van der Waals surface area contributed by atoms with Crippen LogP contribution in [0.1, 0.15) is 6.92 Å². The highest BCUT2D eigenvalue weighted by Crippen LogP contribution is 2.18. The van der Waals surface area contributed by atoms with Crippen molar-refractivity contribution in [1.82, 2.24) is 0 Å². The normalized spacial score (nSPS) is 18.7. The lowest BCUT2D eigenvalue weighted by molar-refractivity contribution is 0.00155. The molecule has 0 heterocycles. The van der Waals surface area contributed by atoms with Crippen LogP contribution in [0.3, 0.4) is 0 Å². The van der Waals surface area contributed by atoms with Crippen molar-refractivity contribution in [3.05, 3.63) is 36.0 Å². The number of hydrogen-bond donors (Lipinski definition) is 2. The van der Waals surface area contributed by atoms with Gasteiger partial charge in [-0.05, 0) is 13.0 Å². The molecular weight excluding hydrogens is 140 g/mol. The molecule has 0 saturated heterocycles. The highest BCUT2D eigenvalue weighted by atomic mass is 16.5. The molecule has 0 atom stereocenters. The van der Waals surface area contributed by atoms with E-state index in [0.717, 1.165) is 5.57 Å². The number of aliphatic hydroxyl groups excluding tert-OH is 1. The van der Waals surface area contributed by atoms with Gasteiger partial charge < -0.3 is 10.2 Å². The van der Waals surface area contributed by atoms with E-state index in [1.54, 1.807) is 0 Å². The van der Waals surface area contributed by atoms with Crippen LogP contribution in [0.4, 0.5) is 0 Å². The molecule has 0 fully saturated rings. The second-order valence-electron chi connectivity index (χ2n) is 2.62. The zero-order valence-electron chi connectivity index (χ0n) is 6.44. The lowest BCUT2D eigenvalue weighted by atomic mass is 10.0. The predicted molar refractivity (Wildman–Crippen MR) is 43.8 cm³/mol. The third-order valence-corrected chi connectivity index (χ3v) is 1.69.